The molecule has 0 saturated heterocycles. The zero-order valence-corrected chi connectivity index (χ0v) is 10.9. The monoisotopic (exact) mass is 233 g/mol. The number of hydrogen-bond donors (Lipinski definition) is 2. The van der Waals surface area contributed by atoms with Crippen LogP contribution in [0.1, 0.15) is 36.8 Å². The highest BCUT2D eigenvalue weighted by Crippen LogP contribution is 2.26. The fraction of sp³-hybridized carbons (Fsp3) is 0.600. The lowest BCUT2D eigenvalue weighted by Crippen LogP contribution is -2.23. The Morgan fingerprint density at radius 2 is 1.71 bits per heavy atom. The van der Waals surface area contributed by atoms with Crippen molar-refractivity contribution in [2.45, 2.75) is 45.6 Å². The summed E-state index contributed by atoms with van der Waals surface area (Å²) in [6, 6.07) is 6.41. The van der Waals surface area contributed by atoms with E-state index in [0.29, 0.717) is 0 Å². The van der Waals surface area contributed by atoms with Crippen molar-refractivity contribution in [2.24, 2.45) is 5.92 Å². The van der Waals surface area contributed by atoms with E-state index in [0.717, 1.165) is 38.1 Å². The van der Waals surface area contributed by atoms with E-state index in [2.05, 4.69) is 37.4 Å². The first-order valence-corrected chi connectivity index (χ1v) is 6.65. The molecule has 2 nitrogen and oxygen atoms in total. The van der Waals surface area contributed by atoms with Crippen LogP contribution in [0.25, 0.3) is 0 Å². The van der Waals surface area contributed by atoms with Gasteiger partial charge >= 0.3 is 0 Å². The average Bonchev–Trinajstić information content (AvgIpc) is 2.31. The summed E-state index contributed by atoms with van der Waals surface area (Å²) < 4.78 is 0. The number of hydrogen-bond acceptors (Lipinski definition) is 2. The molecule has 2 N–H and O–H groups in total. The third kappa shape index (κ3) is 3.22. The maximum atomic E-state index is 9.48. The van der Waals surface area contributed by atoms with Crippen LogP contribution in [0.2, 0.25) is 0 Å². The highest BCUT2D eigenvalue weighted by Gasteiger charge is 2.19. The molecule has 0 heterocycles. The molecule has 1 aromatic carbocycles. The smallest absolute Gasteiger partial charge is 0.0540 e. The standard InChI is InChI=1S/C15H23NO/c1-11-4-3-5-12(2)15(11)16-10-13-6-8-14(17)9-7-13/h3-5,13-14,16-17H,6-10H2,1-2H3. The summed E-state index contributed by atoms with van der Waals surface area (Å²) in [5.41, 5.74) is 3.93. The molecule has 1 aliphatic carbocycles. The first kappa shape index (κ1) is 12.4. The number of benzene rings is 1. The topological polar surface area (TPSA) is 32.3 Å². The summed E-state index contributed by atoms with van der Waals surface area (Å²) in [6.45, 7) is 5.35. The Bertz CT molecular complexity index is 347. The maximum absolute atomic E-state index is 9.48. The van der Waals surface area contributed by atoms with E-state index in [1.165, 1.54) is 16.8 Å². The molecule has 0 aliphatic heterocycles. The molecule has 17 heavy (non-hydrogen) atoms. The number of aliphatic hydroxyl groups is 1. The highest BCUT2D eigenvalue weighted by atomic mass is 16.3. The Hall–Kier alpha value is -1.02. The number of aryl methyl sites for hydroxylation is 2. The van der Waals surface area contributed by atoms with Gasteiger partial charge in [0.2, 0.25) is 0 Å². The molecule has 0 aromatic heterocycles. The van der Waals surface area contributed by atoms with E-state index in [-0.39, 0.29) is 6.10 Å². The van der Waals surface area contributed by atoms with Gasteiger partial charge in [-0.25, -0.2) is 0 Å². The SMILES string of the molecule is Cc1cccc(C)c1NCC1CCC(O)CC1. The van der Waals surface area contributed by atoms with Gasteiger partial charge in [0, 0.05) is 12.2 Å². The second-order valence-electron chi connectivity index (χ2n) is 5.32. The molecule has 2 heteroatoms. The first-order chi connectivity index (χ1) is 8.16. The molecule has 1 aliphatic rings. The van der Waals surface area contributed by atoms with Gasteiger partial charge in [0.25, 0.3) is 0 Å². The van der Waals surface area contributed by atoms with Crippen LogP contribution >= 0.6 is 0 Å². The second-order valence-corrected chi connectivity index (χ2v) is 5.32. The van der Waals surface area contributed by atoms with Crippen molar-refractivity contribution in [3.63, 3.8) is 0 Å². The lowest BCUT2D eigenvalue weighted by atomic mass is 9.87. The molecular weight excluding hydrogens is 210 g/mol. The first-order valence-electron chi connectivity index (χ1n) is 6.65. The summed E-state index contributed by atoms with van der Waals surface area (Å²) in [4.78, 5) is 0. The van der Waals surface area contributed by atoms with Crippen molar-refractivity contribution in [2.75, 3.05) is 11.9 Å². The van der Waals surface area contributed by atoms with Crippen LogP contribution < -0.4 is 5.32 Å². The molecule has 0 amide bonds. The molecule has 0 radical (unpaired) electrons. The molecule has 0 bridgehead atoms. The zero-order valence-electron chi connectivity index (χ0n) is 10.9. The van der Waals surface area contributed by atoms with Crippen molar-refractivity contribution in [1.29, 1.82) is 0 Å². The van der Waals surface area contributed by atoms with Crippen LogP contribution in [0.5, 0.6) is 0 Å². The van der Waals surface area contributed by atoms with Crippen LogP contribution in [-0.2, 0) is 0 Å². The van der Waals surface area contributed by atoms with Gasteiger partial charge < -0.3 is 10.4 Å². The molecule has 0 unspecified atom stereocenters. The Kier molecular flexibility index (Phi) is 4.06. The van der Waals surface area contributed by atoms with Crippen LogP contribution in [0.3, 0.4) is 0 Å². The predicted molar refractivity (Wildman–Crippen MR) is 72.4 cm³/mol. The van der Waals surface area contributed by atoms with Crippen LogP contribution in [0, 0.1) is 19.8 Å². The maximum Gasteiger partial charge on any atom is 0.0540 e. The van der Waals surface area contributed by atoms with Gasteiger partial charge in [-0.1, -0.05) is 18.2 Å². The van der Waals surface area contributed by atoms with E-state index in [4.69, 9.17) is 0 Å². The fourth-order valence-corrected chi connectivity index (χ4v) is 2.69. The van der Waals surface area contributed by atoms with Gasteiger partial charge in [-0.15, -0.1) is 0 Å². The minimum Gasteiger partial charge on any atom is -0.393 e. The largest absolute Gasteiger partial charge is 0.393 e. The molecule has 1 aromatic rings. The van der Waals surface area contributed by atoms with E-state index in [1.54, 1.807) is 0 Å². The minimum absolute atomic E-state index is 0.0496. The van der Waals surface area contributed by atoms with Gasteiger partial charge in [-0.2, -0.15) is 0 Å². The number of nitrogens with one attached hydrogen (secondary N) is 1. The summed E-state index contributed by atoms with van der Waals surface area (Å²) >= 11 is 0. The van der Waals surface area contributed by atoms with Gasteiger partial charge in [-0.05, 0) is 56.6 Å². The van der Waals surface area contributed by atoms with Crippen molar-refractivity contribution in [3.05, 3.63) is 29.3 Å². The number of para-hydroxylation sites is 1. The lowest BCUT2D eigenvalue weighted by Gasteiger charge is -2.26. The average molecular weight is 233 g/mol. The lowest BCUT2D eigenvalue weighted by molar-refractivity contribution is 0.111. The second kappa shape index (κ2) is 5.54. The van der Waals surface area contributed by atoms with Crippen molar-refractivity contribution < 1.29 is 5.11 Å². The molecule has 1 saturated carbocycles. The van der Waals surface area contributed by atoms with E-state index in [1.807, 2.05) is 0 Å². The normalized spacial score (nSPS) is 24.6. The molecule has 2 rings (SSSR count). The summed E-state index contributed by atoms with van der Waals surface area (Å²) in [5, 5.41) is 13.1. The van der Waals surface area contributed by atoms with E-state index < -0.39 is 0 Å². The Morgan fingerprint density at radius 1 is 1.12 bits per heavy atom. The van der Waals surface area contributed by atoms with Gasteiger partial charge in [0.1, 0.15) is 0 Å². The highest BCUT2D eigenvalue weighted by molar-refractivity contribution is 5.56. The number of aliphatic hydroxyl groups excluding tert-OH is 1. The molecule has 94 valence electrons. The van der Waals surface area contributed by atoms with Crippen LogP contribution in [-0.4, -0.2) is 17.8 Å². The third-order valence-corrected chi connectivity index (χ3v) is 3.86. The Balaban J connectivity index is 1.89. The van der Waals surface area contributed by atoms with E-state index in [9.17, 15) is 5.11 Å². The quantitative estimate of drug-likeness (QED) is 0.840. The van der Waals surface area contributed by atoms with Gasteiger partial charge in [0.05, 0.1) is 6.10 Å². The minimum atomic E-state index is -0.0496. The van der Waals surface area contributed by atoms with Crippen molar-refractivity contribution in [1.82, 2.24) is 0 Å². The van der Waals surface area contributed by atoms with E-state index >= 15 is 0 Å². The molecule has 1 fully saturated rings. The number of anilines is 1. The summed E-state index contributed by atoms with van der Waals surface area (Å²) in [6.07, 6.45) is 4.20. The summed E-state index contributed by atoms with van der Waals surface area (Å²) in [5.74, 6) is 0.720. The third-order valence-electron chi connectivity index (χ3n) is 3.86. The molecule has 0 atom stereocenters. The molecular formula is C15H23NO. The van der Waals surface area contributed by atoms with Crippen molar-refractivity contribution >= 4 is 5.69 Å². The predicted octanol–water partition coefficient (Wildman–Crippen LogP) is 3.27. The fourth-order valence-electron chi connectivity index (χ4n) is 2.69. The Labute approximate surface area is 104 Å². The van der Waals surface area contributed by atoms with Gasteiger partial charge in [-0.3, -0.25) is 0 Å². The van der Waals surface area contributed by atoms with Crippen molar-refractivity contribution in [3.8, 4) is 0 Å². The summed E-state index contributed by atoms with van der Waals surface area (Å²) in [7, 11) is 0. The Morgan fingerprint density at radius 3 is 2.29 bits per heavy atom. The van der Waals surface area contributed by atoms with Crippen LogP contribution in [0.4, 0.5) is 5.69 Å². The van der Waals surface area contributed by atoms with Gasteiger partial charge in [0.15, 0.2) is 0 Å². The number of rotatable bonds is 3. The zero-order chi connectivity index (χ0) is 12.3. The molecule has 0 spiro atoms. The van der Waals surface area contributed by atoms with Crippen LogP contribution in [0.15, 0.2) is 18.2 Å².